The molecule has 1 aliphatic heterocycles. The zero-order valence-corrected chi connectivity index (χ0v) is 15.8. The van der Waals surface area contributed by atoms with Crippen LogP contribution in [0.5, 0.6) is 5.75 Å². The molecular formula is C21H26N4O3. The van der Waals surface area contributed by atoms with Gasteiger partial charge in [0.15, 0.2) is 0 Å². The standard InChI is InChI=1S/C21H26N4O3/c22-20(27)10-11-25(18-4-2-1-3-5-18)21(28)16-23-12-14-24(15-13-23)17-6-8-19(26)9-7-17/h1-9,26H,10-16H2,(H2,22,27). The Balaban J connectivity index is 1.58. The van der Waals surface area contributed by atoms with E-state index >= 15 is 0 Å². The van der Waals surface area contributed by atoms with E-state index in [2.05, 4.69) is 9.80 Å². The van der Waals surface area contributed by atoms with Gasteiger partial charge in [-0.2, -0.15) is 0 Å². The number of carbonyl (C=O) groups is 2. The van der Waals surface area contributed by atoms with Gasteiger partial charge >= 0.3 is 0 Å². The molecule has 28 heavy (non-hydrogen) atoms. The monoisotopic (exact) mass is 382 g/mol. The number of para-hydroxylation sites is 1. The van der Waals surface area contributed by atoms with Crippen LogP contribution in [0.15, 0.2) is 54.6 Å². The van der Waals surface area contributed by atoms with Crippen LogP contribution in [0, 0.1) is 0 Å². The molecule has 0 spiro atoms. The Morgan fingerprint density at radius 2 is 1.61 bits per heavy atom. The Labute approximate surface area is 165 Å². The fourth-order valence-electron chi connectivity index (χ4n) is 3.33. The Morgan fingerprint density at radius 3 is 2.21 bits per heavy atom. The maximum Gasteiger partial charge on any atom is 0.241 e. The SMILES string of the molecule is NC(=O)CCN(C(=O)CN1CCN(c2ccc(O)cc2)CC1)c1ccccc1. The Morgan fingerprint density at radius 1 is 0.964 bits per heavy atom. The predicted molar refractivity (Wildman–Crippen MR) is 109 cm³/mol. The summed E-state index contributed by atoms with van der Waals surface area (Å²) in [5.74, 6) is -0.202. The van der Waals surface area contributed by atoms with Crippen LogP contribution in [0.1, 0.15) is 6.42 Å². The summed E-state index contributed by atoms with van der Waals surface area (Å²) in [5, 5.41) is 9.42. The Bertz CT molecular complexity index is 787. The Hall–Kier alpha value is -3.06. The number of aromatic hydroxyl groups is 1. The smallest absolute Gasteiger partial charge is 0.241 e. The lowest BCUT2D eigenvalue weighted by molar-refractivity contribution is -0.120. The van der Waals surface area contributed by atoms with Gasteiger partial charge < -0.3 is 20.6 Å². The normalized spacial score (nSPS) is 14.6. The summed E-state index contributed by atoms with van der Waals surface area (Å²) >= 11 is 0. The molecule has 0 aliphatic carbocycles. The van der Waals surface area contributed by atoms with Gasteiger partial charge in [-0.15, -0.1) is 0 Å². The number of phenolic OH excluding ortho intramolecular Hbond substituents is 1. The lowest BCUT2D eigenvalue weighted by Crippen LogP contribution is -2.50. The second-order valence-electron chi connectivity index (χ2n) is 6.88. The van der Waals surface area contributed by atoms with E-state index in [0.29, 0.717) is 6.54 Å². The molecule has 1 heterocycles. The van der Waals surface area contributed by atoms with Gasteiger partial charge in [0.05, 0.1) is 6.54 Å². The van der Waals surface area contributed by atoms with Gasteiger partial charge in [0, 0.05) is 50.5 Å². The maximum absolute atomic E-state index is 12.9. The zero-order valence-electron chi connectivity index (χ0n) is 15.8. The number of benzene rings is 2. The van der Waals surface area contributed by atoms with Crippen molar-refractivity contribution < 1.29 is 14.7 Å². The van der Waals surface area contributed by atoms with Crippen molar-refractivity contribution >= 4 is 23.2 Å². The number of nitrogens with zero attached hydrogens (tertiary/aromatic N) is 3. The molecule has 7 nitrogen and oxygen atoms in total. The molecule has 2 aromatic carbocycles. The van der Waals surface area contributed by atoms with Gasteiger partial charge in [0.25, 0.3) is 0 Å². The number of piperazine rings is 1. The van der Waals surface area contributed by atoms with E-state index in [9.17, 15) is 14.7 Å². The number of carbonyl (C=O) groups excluding carboxylic acids is 2. The molecule has 3 N–H and O–H groups in total. The highest BCUT2D eigenvalue weighted by molar-refractivity contribution is 5.95. The van der Waals surface area contributed by atoms with Crippen LogP contribution in [-0.2, 0) is 9.59 Å². The molecule has 0 saturated carbocycles. The van der Waals surface area contributed by atoms with Gasteiger partial charge in [-0.1, -0.05) is 18.2 Å². The molecule has 0 radical (unpaired) electrons. The first kappa shape index (κ1) is 19.7. The topological polar surface area (TPSA) is 90.1 Å². The third-order valence-corrected chi connectivity index (χ3v) is 4.90. The average Bonchev–Trinajstić information content (AvgIpc) is 2.70. The molecule has 1 saturated heterocycles. The summed E-state index contributed by atoms with van der Waals surface area (Å²) in [5.41, 5.74) is 7.12. The van der Waals surface area contributed by atoms with E-state index in [1.165, 1.54) is 0 Å². The van der Waals surface area contributed by atoms with Gasteiger partial charge in [0.2, 0.25) is 11.8 Å². The number of amides is 2. The minimum atomic E-state index is -0.420. The van der Waals surface area contributed by atoms with Crippen molar-refractivity contribution in [2.45, 2.75) is 6.42 Å². The van der Waals surface area contributed by atoms with Crippen LogP contribution in [-0.4, -0.2) is 61.1 Å². The summed E-state index contributed by atoms with van der Waals surface area (Å²) in [4.78, 5) is 30.1. The molecule has 0 bridgehead atoms. The molecular weight excluding hydrogens is 356 g/mol. The highest BCUT2D eigenvalue weighted by Crippen LogP contribution is 2.20. The van der Waals surface area contributed by atoms with Crippen molar-refractivity contribution in [3.63, 3.8) is 0 Å². The van der Waals surface area contributed by atoms with Crippen LogP contribution in [0.25, 0.3) is 0 Å². The summed E-state index contributed by atoms with van der Waals surface area (Å²) in [7, 11) is 0. The van der Waals surface area contributed by atoms with Crippen molar-refractivity contribution in [2.75, 3.05) is 49.1 Å². The fraction of sp³-hybridized carbons (Fsp3) is 0.333. The molecule has 0 unspecified atom stereocenters. The van der Waals surface area contributed by atoms with E-state index in [4.69, 9.17) is 5.73 Å². The second kappa shape index (κ2) is 9.23. The van der Waals surface area contributed by atoms with E-state index in [0.717, 1.165) is 37.6 Å². The molecule has 3 rings (SSSR count). The van der Waals surface area contributed by atoms with Gasteiger partial charge in [-0.05, 0) is 36.4 Å². The first-order valence-corrected chi connectivity index (χ1v) is 9.43. The highest BCUT2D eigenvalue weighted by atomic mass is 16.3. The molecule has 7 heteroatoms. The third kappa shape index (κ3) is 5.23. The maximum atomic E-state index is 12.9. The summed E-state index contributed by atoms with van der Waals surface area (Å²) in [6.45, 7) is 3.74. The van der Waals surface area contributed by atoms with Crippen LogP contribution < -0.4 is 15.5 Å². The van der Waals surface area contributed by atoms with Crippen LogP contribution in [0.2, 0.25) is 0 Å². The Kier molecular flexibility index (Phi) is 6.49. The minimum Gasteiger partial charge on any atom is -0.508 e. The van der Waals surface area contributed by atoms with Gasteiger partial charge in [-0.3, -0.25) is 14.5 Å². The van der Waals surface area contributed by atoms with Gasteiger partial charge in [0.1, 0.15) is 5.75 Å². The predicted octanol–water partition coefficient (Wildman–Crippen LogP) is 1.42. The number of hydrogen-bond acceptors (Lipinski definition) is 5. The van der Waals surface area contributed by atoms with Crippen molar-refractivity contribution in [1.82, 2.24) is 4.90 Å². The van der Waals surface area contributed by atoms with E-state index in [1.807, 2.05) is 42.5 Å². The van der Waals surface area contributed by atoms with E-state index < -0.39 is 5.91 Å². The van der Waals surface area contributed by atoms with Crippen molar-refractivity contribution in [2.24, 2.45) is 5.73 Å². The highest BCUT2D eigenvalue weighted by Gasteiger charge is 2.23. The molecule has 2 amide bonds. The van der Waals surface area contributed by atoms with Crippen LogP contribution in [0.4, 0.5) is 11.4 Å². The number of phenols is 1. The summed E-state index contributed by atoms with van der Waals surface area (Å²) < 4.78 is 0. The molecule has 2 aromatic rings. The van der Waals surface area contributed by atoms with Crippen molar-refractivity contribution in [3.05, 3.63) is 54.6 Å². The lowest BCUT2D eigenvalue weighted by Gasteiger charge is -2.36. The second-order valence-corrected chi connectivity index (χ2v) is 6.88. The minimum absolute atomic E-state index is 0.0365. The first-order chi connectivity index (χ1) is 13.5. The molecule has 148 valence electrons. The summed E-state index contributed by atoms with van der Waals surface area (Å²) in [6, 6.07) is 16.5. The average molecular weight is 382 g/mol. The fourth-order valence-corrected chi connectivity index (χ4v) is 3.33. The van der Waals surface area contributed by atoms with Crippen molar-refractivity contribution in [3.8, 4) is 5.75 Å². The molecule has 1 fully saturated rings. The zero-order chi connectivity index (χ0) is 19.9. The number of anilines is 2. The quantitative estimate of drug-likeness (QED) is 0.756. The van der Waals surface area contributed by atoms with Gasteiger partial charge in [-0.25, -0.2) is 0 Å². The molecule has 1 aliphatic rings. The van der Waals surface area contributed by atoms with E-state index in [-0.39, 0.29) is 24.6 Å². The summed E-state index contributed by atoms with van der Waals surface area (Å²) in [6.07, 6.45) is 0.134. The lowest BCUT2D eigenvalue weighted by atomic mass is 10.2. The third-order valence-electron chi connectivity index (χ3n) is 4.90. The van der Waals surface area contributed by atoms with Crippen LogP contribution in [0.3, 0.4) is 0 Å². The number of rotatable bonds is 7. The van der Waals surface area contributed by atoms with Crippen LogP contribution >= 0.6 is 0 Å². The number of hydrogen-bond donors (Lipinski definition) is 2. The number of nitrogens with two attached hydrogens (primary N) is 1. The number of primary amides is 1. The molecule has 0 aromatic heterocycles. The van der Waals surface area contributed by atoms with E-state index in [1.54, 1.807) is 17.0 Å². The van der Waals surface area contributed by atoms with Crippen molar-refractivity contribution in [1.29, 1.82) is 0 Å². The first-order valence-electron chi connectivity index (χ1n) is 9.43. The largest absolute Gasteiger partial charge is 0.508 e. The molecule has 0 atom stereocenters.